The molecule has 1 fully saturated rings. The maximum atomic E-state index is 12.5. The van der Waals surface area contributed by atoms with Crippen LogP contribution in [0.1, 0.15) is 40.4 Å². The first-order valence-corrected chi connectivity index (χ1v) is 9.01. The largest absolute Gasteiger partial charge is 0.454 e. The van der Waals surface area contributed by atoms with Crippen LogP contribution >= 0.6 is 11.3 Å². The van der Waals surface area contributed by atoms with Gasteiger partial charge in [0.1, 0.15) is 0 Å². The van der Waals surface area contributed by atoms with Crippen molar-refractivity contribution in [2.75, 3.05) is 18.7 Å². The molecule has 0 bridgehead atoms. The van der Waals surface area contributed by atoms with E-state index in [0.717, 1.165) is 24.3 Å². The summed E-state index contributed by atoms with van der Waals surface area (Å²) in [4.78, 5) is 27.8. The molecule has 2 aliphatic heterocycles. The molecule has 2 aromatic rings. The maximum Gasteiger partial charge on any atom is 0.265 e. The molecule has 25 heavy (non-hydrogen) atoms. The van der Waals surface area contributed by atoms with Gasteiger partial charge in [-0.1, -0.05) is 0 Å². The van der Waals surface area contributed by atoms with E-state index in [9.17, 15) is 9.59 Å². The quantitative estimate of drug-likeness (QED) is 0.913. The highest BCUT2D eigenvalue weighted by molar-refractivity contribution is 7.14. The molecule has 1 aromatic carbocycles. The highest BCUT2D eigenvalue weighted by atomic mass is 32.1. The summed E-state index contributed by atoms with van der Waals surface area (Å²) in [7, 11) is 0. The van der Waals surface area contributed by atoms with Crippen molar-refractivity contribution in [3.05, 3.63) is 40.1 Å². The number of benzene rings is 1. The van der Waals surface area contributed by atoms with Crippen LogP contribution in [0.25, 0.3) is 0 Å². The number of hydrogen-bond donors (Lipinski definition) is 1. The monoisotopic (exact) mass is 358 g/mol. The summed E-state index contributed by atoms with van der Waals surface area (Å²) >= 11 is 1.44. The Morgan fingerprint density at radius 2 is 2.04 bits per heavy atom. The molecule has 0 unspecified atom stereocenters. The number of carbonyl (C=O) groups is 2. The average Bonchev–Trinajstić information content (AvgIpc) is 3.33. The predicted octanol–water partition coefficient (Wildman–Crippen LogP) is 3.41. The van der Waals surface area contributed by atoms with Gasteiger partial charge in [-0.15, -0.1) is 11.3 Å². The van der Waals surface area contributed by atoms with Crippen LogP contribution in [0.15, 0.2) is 30.3 Å². The van der Waals surface area contributed by atoms with Crippen LogP contribution in [0.5, 0.6) is 11.5 Å². The molecule has 0 spiro atoms. The molecule has 0 radical (unpaired) electrons. The van der Waals surface area contributed by atoms with Gasteiger partial charge in [-0.2, -0.15) is 0 Å². The molecule has 1 saturated heterocycles. The minimum absolute atomic E-state index is 0.0854. The number of likely N-dealkylation sites (tertiary alicyclic amines) is 1. The fourth-order valence-electron chi connectivity index (χ4n) is 3.26. The van der Waals surface area contributed by atoms with Gasteiger partial charge >= 0.3 is 0 Å². The molecular weight excluding hydrogens is 340 g/mol. The summed E-state index contributed by atoms with van der Waals surface area (Å²) in [6.07, 6.45) is 1.95. The Morgan fingerprint density at radius 1 is 1.20 bits per heavy atom. The van der Waals surface area contributed by atoms with Gasteiger partial charge in [0.05, 0.1) is 10.9 Å². The number of thiophene rings is 1. The number of carbonyl (C=O) groups excluding carboxylic acids is 2. The van der Waals surface area contributed by atoms with Crippen molar-refractivity contribution in [2.24, 2.45) is 0 Å². The summed E-state index contributed by atoms with van der Waals surface area (Å²) in [5, 5.41) is 2.88. The highest BCUT2D eigenvalue weighted by Gasteiger charge is 2.29. The Bertz CT molecular complexity index is 832. The number of nitrogens with zero attached hydrogens (tertiary/aromatic N) is 1. The fourth-order valence-corrected chi connectivity index (χ4v) is 4.31. The van der Waals surface area contributed by atoms with Gasteiger partial charge < -0.3 is 19.7 Å². The minimum atomic E-state index is -0.164. The molecule has 0 aliphatic carbocycles. The molecular formula is C18H18N2O4S. The Labute approximate surface area is 149 Å². The van der Waals surface area contributed by atoms with E-state index in [2.05, 4.69) is 5.32 Å². The first kappa shape index (κ1) is 16.0. The molecule has 1 N–H and O–H groups in total. The molecule has 7 heteroatoms. The second-order valence-corrected chi connectivity index (χ2v) is 7.21. The van der Waals surface area contributed by atoms with Crippen molar-refractivity contribution in [3.63, 3.8) is 0 Å². The third-order valence-electron chi connectivity index (χ3n) is 4.47. The van der Waals surface area contributed by atoms with Crippen LogP contribution < -0.4 is 14.8 Å². The van der Waals surface area contributed by atoms with Crippen molar-refractivity contribution in [3.8, 4) is 11.5 Å². The lowest BCUT2D eigenvalue weighted by molar-refractivity contribution is -0.129. The Hall–Kier alpha value is -2.54. The molecule has 1 atom stereocenters. The van der Waals surface area contributed by atoms with Gasteiger partial charge in [0.25, 0.3) is 5.91 Å². The summed E-state index contributed by atoms with van der Waals surface area (Å²) < 4.78 is 10.6. The van der Waals surface area contributed by atoms with Gasteiger partial charge in [0, 0.05) is 30.1 Å². The minimum Gasteiger partial charge on any atom is -0.454 e. The molecule has 1 aromatic heterocycles. The number of amides is 2. The third-order valence-corrected chi connectivity index (χ3v) is 5.65. The van der Waals surface area contributed by atoms with Crippen molar-refractivity contribution < 1.29 is 19.1 Å². The van der Waals surface area contributed by atoms with Gasteiger partial charge in [-0.25, -0.2) is 0 Å². The van der Waals surface area contributed by atoms with Crippen LogP contribution in [0.4, 0.5) is 5.69 Å². The van der Waals surface area contributed by atoms with Crippen LogP contribution in [-0.2, 0) is 4.79 Å². The SMILES string of the molecule is CC(=O)N1CCC[C@@H]1c1ccc(C(=O)Nc2ccc3c(c2)OCO3)s1. The van der Waals surface area contributed by atoms with Crippen molar-refractivity contribution >= 4 is 28.8 Å². The van der Waals surface area contributed by atoms with Crippen LogP contribution in [-0.4, -0.2) is 30.1 Å². The maximum absolute atomic E-state index is 12.5. The summed E-state index contributed by atoms with van der Waals surface area (Å²) in [6, 6.07) is 9.18. The number of fused-ring (bicyclic) bond motifs is 1. The number of rotatable bonds is 3. The Kier molecular flexibility index (Phi) is 4.09. The Balaban J connectivity index is 1.48. The van der Waals surface area contributed by atoms with Gasteiger partial charge in [-0.3, -0.25) is 9.59 Å². The highest BCUT2D eigenvalue weighted by Crippen LogP contribution is 2.37. The second kappa shape index (κ2) is 6.40. The van der Waals surface area contributed by atoms with Crippen LogP contribution in [0.2, 0.25) is 0 Å². The van der Waals surface area contributed by atoms with Crippen LogP contribution in [0.3, 0.4) is 0 Å². The van der Waals surface area contributed by atoms with Crippen molar-refractivity contribution in [1.29, 1.82) is 0 Å². The normalized spacial score (nSPS) is 18.4. The zero-order chi connectivity index (χ0) is 17.4. The zero-order valence-corrected chi connectivity index (χ0v) is 14.6. The summed E-state index contributed by atoms with van der Waals surface area (Å²) in [5.74, 6) is 1.24. The molecule has 0 saturated carbocycles. The first-order chi connectivity index (χ1) is 12.1. The van der Waals surface area contributed by atoms with E-state index in [-0.39, 0.29) is 24.6 Å². The second-order valence-electron chi connectivity index (χ2n) is 6.09. The van der Waals surface area contributed by atoms with Crippen molar-refractivity contribution in [1.82, 2.24) is 4.90 Å². The topological polar surface area (TPSA) is 67.9 Å². The van der Waals surface area contributed by atoms with E-state index >= 15 is 0 Å². The molecule has 2 aliphatic rings. The Morgan fingerprint density at radius 3 is 2.88 bits per heavy atom. The van der Waals surface area contributed by atoms with E-state index in [0.29, 0.717) is 22.1 Å². The lowest BCUT2D eigenvalue weighted by atomic mass is 10.2. The molecule has 3 heterocycles. The number of hydrogen-bond acceptors (Lipinski definition) is 5. The summed E-state index contributed by atoms with van der Waals surface area (Å²) in [6.45, 7) is 2.59. The number of nitrogens with one attached hydrogen (secondary N) is 1. The average molecular weight is 358 g/mol. The predicted molar refractivity (Wildman–Crippen MR) is 94.2 cm³/mol. The molecule has 6 nitrogen and oxygen atoms in total. The molecule has 4 rings (SSSR count). The van der Waals surface area contributed by atoms with Gasteiger partial charge in [0.15, 0.2) is 11.5 Å². The summed E-state index contributed by atoms with van der Waals surface area (Å²) in [5.41, 5.74) is 0.662. The first-order valence-electron chi connectivity index (χ1n) is 8.20. The van der Waals surface area contributed by atoms with E-state index in [4.69, 9.17) is 9.47 Å². The lowest BCUT2D eigenvalue weighted by Crippen LogP contribution is -2.27. The van der Waals surface area contributed by atoms with E-state index < -0.39 is 0 Å². The van der Waals surface area contributed by atoms with E-state index in [1.807, 2.05) is 17.0 Å². The number of anilines is 1. The lowest BCUT2D eigenvalue weighted by Gasteiger charge is -2.22. The van der Waals surface area contributed by atoms with Crippen molar-refractivity contribution in [2.45, 2.75) is 25.8 Å². The smallest absolute Gasteiger partial charge is 0.265 e. The standard InChI is InChI=1S/C18H18N2O4S/c1-11(21)20-8-2-3-13(20)16-6-7-17(25-16)18(22)19-12-4-5-14-15(9-12)24-10-23-14/h4-7,9,13H,2-3,8,10H2,1H3,(H,19,22)/t13-/m1/s1. The van der Waals surface area contributed by atoms with Crippen LogP contribution in [0, 0.1) is 0 Å². The third kappa shape index (κ3) is 3.07. The number of ether oxygens (including phenoxy) is 2. The fraction of sp³-hybridized carbons (Fsp3) is 0.333. The molecule has 130 valence electrons. The van der Waals surface area contributed by atoms with Gasteiger partial charge in [0.2, 0.25) is 12.7 Å². The zero-order valence-electron chi connectivity index (χ0n) is 13.8. The molecule has 2 amide bonds. The van der Waals surface area contributed by atoms with E-state index in [1.165, 1.54) is 11.3 Å². The van der Waals surface area contributed by atoms with Gasteiger partial charge in [-0.05, 0) is 37.1 Å². The van der Waals surface area contributed by atoms with E-state index in [1.54, 1.807) is 25.1 Å².